The van der Waals surface area contributed by atoms with Gasteiger partial charge in [0.25, 0.3) is 0 Å². The van der Waals surface area contributed by atoms with Gasteiger partial charge < -0.3 is 9.47 Å². The second-order valence-electron chi connectivity index (χ2n) is 5.67. The first-order chi connectivity index (χ1) is 9.56. The fourth-order valence-corrected chi connectivity index (χ4v) is 2.93. The van der Waals surface area contributed by atoms with Gasteiger partial charge in [-0.1, -0.05) is 17.7 Å². The summed E-state index contributed by atoms with van der Waals surface area (Å²) in [5, 5.41) is 0. The molecule has 3 nitrogen and oxygen atoms in total. The first-order valence-corrected chi connectivity index (χ1v) is 7.37. The van der Waals surface area contributed by atoms with E-state index in [2.05, 4.69) is 26.0 Å². The van der Waals surface area contributed by atoms with E-state index in [0.29, 0.717) is 12.5 Å². The molecule has 2 rings (SSSR count). The van der Waals surface area contributed by atoms with Gasteiger partial charge in [0.15, 0.2) is 0 Å². The third kappa shape index (κ3) is 3.33. The molecule has 1 aromatic rings. The molecule has 2 atom stereocenters. The van der Waals surface area contributed by atoms with Gasteiger partial charge in [0.2, 0.25) is 0 Å². The van der Waals surface area contributed by atoms with Crippen LogP contribution in [0.5, 0.6) is 5.75 Å². The Labute approximate surface area is 121 Å². The standard InChI is InChI=1S/C17H24O3/c1-5-20-16-12(3)8-11(2)9-14(16)7-6-13-10-15(13)17(18)19-4/h8-9,13,15H,5-7,10H2,1-4H3. The summed E-state index contributed by atoms with van der Waals surface area (Å²) in [7, 11) is 1.47. The molecule has 20 heavy (non-hydrogen) atoms. The van der Waals surface area contributed by atoms with Crippen molar-refractivity contribution in [2.45, 2.75) is 40.0 Å². The predicted octanol–water partition coefficient (Wildman–Crippen LogP) is 3.44. The number of methoxy groups -OCH3 is 1. The number of hydrogen-bond donors (Lipinski definition) is 0. The lowest BCUT2D eigenvalue weighted by atomic mass is 10.00. The molecule has 0 spiro atoms. The van der Waals surface area contributed by atoms with E-state index in [1.54, 1.807) is 0 Å². The summed E-state index contributed by atoms with van der Waals surface area (Å²) in [6.07, 6.45) is 2.97. The third-order valence-electron chi connectivity index (χ3n) is 4.00. The van der Waals surface area contributed by atoms with Crippen LogP contribution in [0.1, 0.15) is 36.5 Å². The Bertz CT molecular complexity index is 493. The van der Waals surface area contributed by atoms with E-state index in [-0.39, 0.29) is 11.9 Å². The summed E-state index contributed by atoms with van der Waals surface area (Å²) in [5.41, 5.74) is 3.73. The van der Waals surface area contributed by atoms with Crippen molar-refractivity contribution in [2.24, 2.45) is 11.8 Å². The van der Waals surface area contributed by atoms with Gasteiger partial charge in [-0.25, -0.2) is 0 Å². The maximum atomic E-state index is 11.4. The Morgan fingerprint density at radius 1 is 1.35 bits per heavy atom. The molecular formula is C17H24O3. The van der Waals surface area contributed by atoms with Crippen LogP contribution in [-0.4, -0.2) is 19.7 Å². The number of ether oxygens (including phenoxy) is 2. The molecule has 1 aliphatic carbocycles. The van der Waals surface area contributed by atoms with Crippen LogP contribution in [0.2, 0.25) is 0 Å². The quantitative estimate of drug-likeness (QED) is 0.747. The van der Waals surface area contributed by atoms with E-state index in [4.69, 9.17) is 9.47 Å². The smallest absolute Gasteiger partial charge is 0.308 e. The molecule has 0 aliphatic heterocycles. The SMILES string of the molecule is CCOc1c(C)cc(C)cc1CCC1CC1C(=O)OC. The Morgan fingerprint density at radius 2 is 2.10 bits per heavy atom. The molecule has 0 radical (unpaired) electrons. The Balaban J connectivity index is 2.01. The number of carbonyl (C=O) groups is 1. The number of carbonyl (C=O) groups excluding carboxylic acids is 1. The van der Waals surface area contributed by atoms with Gasteiger partial charge in [0.1, 0.15) is 5.75 Å². The minimum atomic E-state index is -0.0551. The molecular weight excluding hydrogens is 252 g/mol. The first kappa shape index (κ1) is 14.9. The lowest BCUT2D eigenvalue weighted by Crippen LogP contribution is -2.05. The highest BCUT2D eigenvalue weighted by atomic mass is 16.5. The highest BCUT2D eigenvalue weighted by molar-refractivity contribution is 5.75. The zero-order valence-corrected chi connectivity index (χ0v) is 12.9. The van der Waals surface area contributed by atoms with Gasteiger partial charge in [-0.15, -0.1) is 0 Å². The lowest BCUT2D eigenvalue weighted by molar-refractivity contribution is -0.142. The van der Waals surface area contributed by atoms with Gasteiger partial charge >= 0.3 is 5.97 Å². The van der Waals surface area contributed by atoms with Crippen molar-refractivity contribution in [2.75, 3.05) is 13.7 Å². The predicted molar refractivity (Wildman–Crippen MR) is 79.0 cm³/mol. The summed E-state index contributed by atoms with van der Waals surface area (Å²) in [5.74, 6) is 1.58. The molecule has 0 saturated heterocycles. The normalized spacial score (nSPS) is 20.6. The van der Waals surface area contributed by atoms with Crippen molar-refractivity contribution in [1.29, 1.82) is 0 Å². The van der Waals surface area contributed by atoms with Crippen LogP contribution in [0.25, 0.3) is 0 Å². The maximum absolute atomic E-state index is 11.4. The zero-order chi connectivity index (χ0) is 14.7. The number of rotatable bonds is 6. The summed E-state index contributed by atoms with van der Waals surface area (Å²) in [6, 6.07) is 4.36. The van der Waals surface area contributed by atoms with Crippen LogP contribution in [0.4, 0.5) is 0 Å². The molecule has 0 heterocycles. The third-order valence-corrected chi connectivity index (χ3v) is 4.00. The van der Waals surface area contributed by atoms with Crippen LogP contribution in [0, 0.1) is 25.7 Å². The van der Waals surface area contributed by atoms with Crippen LogP contribution >= 0.6 is 0 Å². The fraction of sp³-hybridized carbons (Fsp3) is 0.588. The monoisotopic (exact) mass is 276 g/mol. The van der Waals surface area contributed by atoms with Gasteiger partial charge in [0.05, 0.1) is 19.6 Å². The molecule has 1 aliphatic rings. The van der Waals surface area contributed by atoms with E-state index >= 15 is 0 Å². The second kappa shape index (κ2) is 6.29. The van der Waals surface area contributed by atoms with Crippen LogP contribution in [-0.2, 0) is 16.0 Å². The van der Waals surface area contributed by atoms with Gasteiger partial charge in [-0.05, 0) is 57.1 Å². The molecule has 1 aromatic carbocycles. The van der Waals surface area contributed by atoms with Crippen molar-refractivity contribution < 1.29 is 14.3 Å². The summed E-state index contributed by atoms with van der Waals surface area (Å²) >= 11 is 0. The topological polar surface area (TPSA) is 35.5 Å². The number of benzene rings is 1. The summed E-state index contributed by atoms with van der Waals surface area (Å²) < 4.78 is 10.6. The molecule has 1 fully saturated rings. The van der Waals surface area contributed by atoms with Gasteiger partial charge in [0, 0.05) is 0 Å². The van der Waals surface area contributed by atoms with Crippen LogP contribution in [0.3, 0.4) is 0 Å². The summed E-state index contributed by atoms with van der Waals surface area (Å²) in [6.45, 7) is 6.90. The fourth-order valence-electron chi connectivity index (χ4n) is 2.93. The second-order valence-corrected chi connectivity index (χ2v) is 5.67. The summed E-state index contributed by atoms with van der Waals surface area (Å²) in [4.78, 5) is 11.4. The largest absolute Gasteiger partial charge is 0.493 e. The number of hydrogen-bond acceptors (Lipinski definition) is 3. The van der Waals surface area contributed by atoms with E-state index < -0.39 is 0 Å². The van der Waals surface area contributed by atoms with E-state index in [0.717, 1.165) is 25.0 Å². The Morgan fingerprint density at radius 3 is 2.75 bits per heavy atom. The van der Waals surface area contributed by atoms with E-state index in [9.17, 15) is 4.79 Å². The average Bonchev–Trinajstić information content (AvgIpc) is 3.18. The van der Waals surface area contributed by atoms with Crippen molar-refractivity contribution in [1.82, 2.24) is 0 Å². The van der Waals surface area contributed by atoms with E-state index in [1.807, 2.05) is 6.92 Å². The van der Waals surface area contributed by atoms with Crippen molar-refractivity contribution >= 4 is 5.97 Å². The number of aryl methyl sites for hydroxylation is 3. The van der Waals surface area contributed by atoms with Gasteiger partial charge in [-0.3, -0.25) is 4.79 Å². The van der Waals surface area contributed by atoms with E-state index in [1.165, 1.54) is 23.8 Å². The highest BCUT2D eigenvalue weighted by Crippen LogP contribution is 2.43. The minimum absolute atomic E-state index is 0.0551. The highest BCUT2D eigenvalue weighted by Gasteiger charge is 2.43. The van der Waals surface area contributed by atoms with Crippen molar-refractivity contribution in [3.8, 4) is 5.75 Å². The first-order valence-electron chi connectivity index (χ1n) is 7.37. The van der Waals surface area contributed by atoms with Crippen LogP contribution in [0.15, 0.2) is 12.1 Å². The minimum Gasteiger partial charge on any atom is -0.493 e. The molecule has 0 amide bonds. The molecule has 0 N–H and O–H groups in total. The Hall–Kier alpha value is -1.51. The molecule has 110 valence electrons. The molecule has 0 aromatic heterocycles. The van der Waals surface area contributed by atoms with Crippen LogP contribution < -0.4 is 4.74 Å². The van der Waals surface area contributed by atoms with Crippen molar-refractivity contribution in [3.05, 3.63) is 28.8 Å². The maximum Gasteiger partial charge on any atom is 0.308 e. The Kier molecular flexibility index (Phi) is 4.69. The molecule has 0 bridgehead atoms. The lowest BCUT2D eigenvalue weighted by Gasteiger charge is -2.14. The molecule has 2 unspecified atom stereocenters. The average molecular weight is 276 g/mol. The number of esters is 1. The van der Waals surface area contributed by atoms with Gasteiger partial charge in [-0.2, -0.15) is 0 Å². The molecule has 3 heteroatoms. The van der Waals surface area contributed by atoms with Crippen molar-refractivity contribution in [3.63, 3.8) is 0 Å². The zero-order valence-electron chi connectivity index (χ0n) is 12.9. The molecule has 1 saturated carbocycles.